The summed E-state index contributed by atoms with van der Waals surface area (Å²) in [6.07, 6.45) is 105. The van der Waals surface area contributed by atoms with Crippen LogP contribution in [0.25, 0.3) is 0 Å². The van der Waals surface area contributed by atoms with Crippen molar-refractivity contribution in [2.45, 2.75) is 315 Å². The average Bonchev–Trinajstić information content (AvgIpc) is 3.68. The van der Waals surface area contributed by atoms with E-state index in [9.17, 15) is 19.0 Å². The number of unbranched alkanes of at least 4 members (excludes halogenated alkanes) is 30. The summed E-state index contributed by atoms with van der Waals surface area (Å²) < 4.78 is 33.2. The molecule has 0 radical (unpaired) electrons. The van der Waals surface area contributed by atoms with Gasteiger partial charge in [0.25, 0.3) is 0 Å². The number of hydrogen-bond acceptors (Lipinski definition) is 8. The van der Waals surface area contributed by atoms with E-state index in [0.29, 0.717) is 6.42 Å². The third-order valence-electron chi connectivity index (χ3n) is 15.2. The number of nitrogens with two attached hydrogens (primary N) is 1. The second-order valence-corrected chi connectivity index (χ2v) is 25.1. The highest BCUT2D eigenvalue weighted by atomic mass is 31.2. The Labute approximate surface area is 547 Å². The minimum absolute atomic E-state index is 0.0489. The molecule has 0 aromatic heterocycles. The van der Waals surface area contributed by atoms with E-state index in [1.165, 1.54) is 161 Å². The molecule has 0 fully saturated rings. The zero-order chi connectivity index (χ0) is 64.4. The van der Waals surface area contributed by atoms with E-state index in [1.807, 2.05) is 0 Å². The standard InChI is InChI=1S/C79H134NO8P/c1-3-5-7-9-11-13-15-17-19-21-23-25-27-29-31-33-35-36-37-38-39-40-42-44-46-48-50-52-54-56-58-60-62-64-66-68-70-72-79(82)88-77(76-87-89(83,84)86-74-73-80)75-85-78(81)71-69-67-65-63-61-59-57-55-53-51-49-47-45-43-41-34-32-30-28-26-24-22-20-18-16-14-12-10-8-6-4-2/h5-8,11-14,17-20,23-26,29-32,35-36,38-39,77H,3-4,9-10,15-16,21-22,27-28,33-34,37,40-76,80H2,1-2H3,(H,83,84)/b7-5-,8-6-,13-11-,14-12-,19-17-,20-18-,25-23-,26-24-,31-29-,32-30-,36-35-,39-38-. The summed E-state index contributed by atoms with van der Waals surface area (Å²) >= 11 is 0. The fraction of sp³-hybridized carbons (Fsp3) is 0.671. The summed E-state index contributed by atoms with van der Waals surface area (Å²) in [6, 6.07) is 0. The van der Waals surface area contributed by atoms with Gasteiger partial charge in [0.1, 0.15) is 6.61 Å². The number of phosphoric ester groups is 1. The van der Waals surface area contributed by atoms with Gasteiger partial charge in [0.05, 0.1) is 13.2 Å². The van der Waals surface area contributed by atoms with Crippen molar-refractivity contribution in [3.63, 3.8) is 0 Å². The van der Waals surface area contributed by atoms with Crippen LogP contribution in [0, 0.1) is 0 Å². The number of carbonyl (C=O) groups is 2. The summed E-state index contributed by atoms with van der Waals surface area (Å²) in [7, 11) is -4.40. The van der Waals surface area contributed by atoms with Gasteiger partial charge < -0.3 is 20.1 Å². The Hall–Kier alpha value is -4.11. The van der Waals surface area contributed by atoms with Gasteiger partial charge in [-0.2, -0.15) is 0 Å². The van der Waals surface area contributed by atoms with Crippen molar-refractivity contribution in [1.82, 2.24) is 0 Å². The Morgan fingerprint density at radius 2 is 0.584 bits per heavy atom. The summed E-state index contributed by atoms with van der Waals surface area (Å²) in [4.78, 5) is 35.4. The molecule has 2 atom stereocenters. The lowest BCUT2D eigenvalue weighted by atomic mass is 10.0. The highest BCUT2D eigenvalue weighted by molar-refractivity contribution is 7.47. The predicted molar refractivity (Wildman–Crippen MR) is 385 cm³/mol. The minimum atomic E-state index is -4.40. The Morgan fingerprint density at radius 3 is 0.865 bits per heavy atom. The fourth-order valence-electron chi connectivity index (χ4n) is 9.94. The molecular formula is C79H134NO8P. The number of rotatable bonds is 67. The largest absolute Gasteiger partial charge is 0.472 e. The SMILES string of the molecule is CC/C=C\C/C=C\C/C=C\C/C=C\C/C=C\C/C=C\C/C=C\CCCCCCCCCCCCCCCCCC(=O)OC(COC(=O)CCCCCCCCCCCCCCCCC/C=C\C/C=C\C/C=C\C/C=C\C/C=C\CC)COP(=O)(O)OCCN. The van der Waals surface area contributed by atoms with Crippen LogP contribution in [0.15, 0.2) is 146 Å². The molecular weight excluding hydrogens is 1120 g/mol. The van der Waals surface area contributed by atoms with Gasteiger partial charge in [-0.3, -0.25) is 18.6 Å². The molecule has 10 heteroatoms. The van der Waals surface area contributed by atoms with E-state index in [-0.39, 0.29) is 38.6 Å². The van der Waals surface area contributed by atoms with Gasteiger partial charge in [0.15, 0.2) is 6.10 Å². The molecule has 0 saturated carbocycles. The van der Waals surface area contributed by atoms with Crippen molar-refractivity contribution in [2.75, 3.05) is 26.4 Å². The van der Waals surface area contributed by atoms with Gasteiger partial charge in [0, 0.05) is 19.4 Å². The maximum Gasteiger partial charge on any atom is 0.472 e. The van der Waals surface area contributed by atoms with Crippen LogP contribution in [0.1, 0.15) is 309 Å². The molecule has 0 aliphatic rings. The number of hydrogen-bond donors (Lipinski definition) is 2. The molecule has 0 aromatic carbocycles. The highest BCUT2D eigenvalue weighted by Gasteiger charge is 2.26. The topological polar surface area (TPSA) is 134 Å². The summed E-state index contributed by atoms with van der Waals surface area (Å²) in [5.74, 6) is -0.825. The van der Waals surface area contributed by atoms with E-state index >= 15 is 0 Å². The molecule has 3 N–H and O–H groups in total. The van der Waals surface area contributed by atoms with Crippen molar-refractivity contribution < 1.29 is 37.6 Å². The maximum atomic E-state index is 12.8. The molecule has 0 amide bonds. The lowest BCUT2D eigenvalue weighted by Crippen LogP contribution is -2.29. The zero-order valence-corrected chi connectivity index (χ0v) is 58.0. The summed E-state index contributed by atoms with van der Waals surface area (Å²) in [5, 5.41) is 0. The smallest absolute Gasteiger partial charge is 0.462 e. The molecule has 0 aromatic rings. The van der Waals surface area contributed by atoms with Crippen LogP contribution in [-0.2, 0) is 32.7 Å². The molecule has 0 rings (SSSR count). The Balaban J connectivity index is 3.88. The van der Waals surface area contributed by atoms with E-state index in [4.69, 9.17) is 24.3 Å². The van der Waals surface area contributed by atoms with Crippen LogP contribution in [0.3, 0.4) is 0 Å². The van der Waals surface area contributed by atoms with Gasteiger partial charge >= 0.3 is 19.8 Å². The van der Waals surface area contributed by atoms with Crippen LogP contribution in [-0.4, -0.2) is 49.3 Å². The van der Waals surface area contributed by atoms with Gasteiger partial charge in [0.2, 0.25) is 0 Å². The molecule has 89 heavy (non-hydrogen) atoms. The molecule has 9 nitrogen and oxygen atoms in total. The zero-order valence-electron chi connectivity index (χ0n) is 57.1. The first kappa shape index (κ1) is 84.9. The lowest BCUT2D eigenvalue weighted by molar-refractivity contribution is -0.161. The quantitative estimate of drug-likeness (QED) is 0.0264. The normalized spacial score (nSPS) is 13.8. The van der Waals surface area contributed by atoms with Gasteiger partial charge in [-0.1, -0.05) is 327 Å². The molecule has 0 bridgehead atoms. The Morgan fingerprint density at radius 1 is 0.337 bits per heavy atom. The maximum absolute atomic E-state index is 12.8. The molecule has 0 saturated heterocycles. The predicted octanol–water partition coefficient (Wildman–Crippen LogP) is 24.2. The Kier molecular flexibility index (Phi) is 69.6. The van der Waals surface area contributed by atoms with Crippen LogP contribution in [0.2, 0.25) is 0 Å². The van der Waals surface area contributed by atoms with Gasteiger partial charge in [-0.15, -0.1) is 0 Å². The third-order valence-corrected chi connectivity index (χ3v) is 16.2. The minimum Gasteiger partial charge on any atom is -0.462 e. The second kappa shape index (κ2) is 72.9. The highest BCUT2D eigenvalue weighted by Crippen LogP contribution is 2.43. The van der Waals surface area contributed by atoms with E-state index < -0.39 is 26.5 Å². The molecule has 2 unspecified atom stereocenters. The van der Waals surface area contributed by atoms with Crippen molar-refractivity contribution in [3.05, 3.63) is 146 Å². The molecule has 0 aliphatic heterocycles. The van der Waals surface area contributed by atoms with Crippen molar-refractivity contribution >= 4 is 19.8 Å². The molecule has 0 heterocycles. The molecule has 0 spiro atoms. The van der Waals surface area contributed by atoms with E-state index in [1.54, 1.807) is 0 Å². The summed E-state index contributed by atoms with van der Waals surface area (Å²) in [5.41, 5.74) is 5.41. The van der Waals surface area contributed by atoms with E-state index in [0.717, 1.165) is 116 Å². The third kappa shape index (κ3) is 72.8. The van der Waals surface area contributed by atoms with Crippen LogP contribution in [0.5, 0.6) is 0 Å². The first-order chi connectivity index (χ1) is 43.8. The number of ether oxygens (including phenoxy) is 2. The number of carbonyl (C=O) groups excluding carboxylic acids is 2. The van der Waals surface area contributed by atoms with Crippen molar-refractivity contribution in [2.24, 2.45) is 5.73 Å². The number of phosphoric acid groups is 1. The average molecular weight is 1260 g/mol. The second-order valence-electron chi connectivity index (χ2n) is 23.7. The van der Waals surface area contributed by atoms with Crippen LogP contribution >= 0.6 is 7.82 Å². The monoisotopic (exact) mass is 1260 g/mol. The first-order valence-electron chi connectivity index (χ1n) is 36.3. The fourth-order valence-corrected chi connectivity index (χ4v) is 10.7. The summed E-state index contributed by atoms with van der Waals surface area (Å²) in [6.45, 7) is 3.54. The van der Waals surface area contributed by atoms with Gasteiger partial charge in [-0.25, -0.2) is 4.57 Å². The van der Waals surface area contributed by atoms with Crippen LogP contribution in [0.4, 0.5) is 0 Å². The lowest BCUT2D eigenvalue weighted by Gasteiger charge is -2.19. The van der Waals surface area contributed by atoms with Crippen LogP contribution < -0.4 is 5.73 Å². The van der Waals surface area contributed by atoms with Crippen molar-refractivity contribution in [3.8, 4) is 0 Å². The Bertz CT molecular complexity index is 1970. The van der Waals surface area contributed by atoms with E-state index in [2.05, 4.69) is 160 Å². The number of allylic oxidation sites excluding steroid dienone is 24. The van der Waals surface area contributed by atoms with Crippen molar-refractivity contribution in [1.29, 1.82) is 0 Å². The molecule has 0 aliphatic carbocycles. The van der Waals surface area contributed by atoms with Gasteiger partial charge in [-0.05, 0) is 116 Å². The molecule has 508 valence electrons. The number of esters is 2. The first-order valence-corrected chi connectivity index (χ1v) is 37.8.